The summed E-state index contributed by atoms with van der Waals surface area (Å²) >= 11 is 6.66. The molecule has 0 aliphatic heterocycles. The molecule has 104 valence electrons. The molecule has 2 nitrogen and oxygen atoms in total. The van der Waals surface area contributed by atoms with Crippen molar-refractivity contribution in [3.05, 3.63) is 67.9 Å². The van der Waals surface area contributed by atoms with Crippen molar-refractivity contribution in [2.24, 2.45) is 0 Å². The zero-order valence-corrected chi connectivity index (χ0v) is 13.9. The van der Waals surface area contributed by atoms with E-state index in [0.717, 1.165) is 10.0 Å². The van der Waals surface area contributed by atoms with Crippen molar-refractivity contribution < 1.29 is 9.18 Å². The SMILES string of the molecule is Cc1ccc(CNC(=O)c2cc(Br)ccc2Br)cc1F. The maximum absolute atomic E-state index is 13.4. The molecule has 0 aliphatic carbocycles. The van der Waals surface area contributed by atoms with Crippen molar-refractivity contribution >= 4 is 37.8 Å². The molecule has 0 atom stereocenters. The average molecular weight is 401 g/mol. The minimum Gasteiger partial charge on any atom is -0.348 e. The van der Waals surface area contributed by atoms with Gasteiger partial charge >= 0.3 is 0 Å². The Morgan fingerprint density at radius 3 is 2.65 bits per heavy atom. The number of aryl methyl sites for hydroxylation is 1. The van der Waals surface area contributed by atoms with E-state index in [1.807, 2.05) is 6.07 Å². The summed E-state index contributed by atoms with van der Waals surface area (Å²) in [5.41, 5.74) is 1.86. The zero-order chi connectivity index (χ0) is 14.7. The minimum absolute atomic E-state index is 0.209. The third-order valence-corrected chi connectivity index (χ3v) is 4.05. The summed E-state index contributed by atoms with van der Waals surface area (Å²) in [6, 6.07) is 10.3. The zero-order valence-electron chi connectivity index (χ0n) is 10.7. The second-order valence-electron chi connectivity index (χ2n) is 4.39. The number of halogens is 3. The van der Waals surface area contributed by atoms with Gasteiger partial charge in [0.15, 0.2) is 0 Å². The summed E-state index contributed by atoms with van der Waals surface area (Å²) in [7, 11) is 0. The summed E-state index contributed by atoms with van der Waals surface area (Å²) in [5, 5.41) is 2.77. The van der Waals surface area contributed by atoms with E-state index in [9.17, 15) is 9.18 Å². The lowest BCUT2D eigenvalue weighted by molar-refractivity contribution is 0.0950. The van der Waals surface area contributed by atoms with Crippen molar-refractivity contribution in [3.63, 3.8) is 0 Å². The maximum atomic E-state index is 13.4. The van der Waals surface area contributed by atoms with Gasteiger partial charge in [-0.2, -0.15) is 0 Å². The van der Waals surface area contributed by atoms with E-state index in [1.54, 1.807) is 31.2 Å². The fourth-order valence-electron chi connectivity index (χ4n) is 1.70. The minimum atomic E-state index is -0.264. The first-order chi connectivity index (χ1) is 9.47. The van der Waals surface area contributed by atoms with Crippen molar-refractivity contribution in [1.82, 2.24) is 5.32 Å². The Bertz CT molecular complexity index is 658. The van der Waals surface area contributed by atoms with E-state index in [-0.39, 0.29) is 18.3 Å². The third-order valence-electron chi connectivity index (χ3n) is 2.86. The summed E-state index contributed by atoms with van der Waals surface area (Å²) < 4.78 is 15.0. The molecule has 1 N–H and O–H groups in total. The Labute approximate surface area is 133 Å². The highest BCUT2D eigenvalue weighted by Gasteiger charge is 2.10. The normalized spacial score (nSPS) is 10.4. The first kappa shape index (κ1) is 15.2. The van der Waals surface area contributed by atoms with Crippen LogP contribution in [0.2, 0.25) is 0 Å². The molecule has 0 aliphatic rings. The molecule has 5 heteroatoms. The molecular weight excluding hydrogens is 389 g/mol. The van der Waals surface area contributed by atoms with Gasteiger partial charge in [0.25, 0.3) is 5.91 Å². The summed E-state index contributed by atoms with van der Waals surface area (Å²) in [6.07, 6.45) is 0. The number of hydrogen-bond donors (Lipinski definition) is 1. The Morgan fingerprint density at radius 1 is 1.20 bits per heavy atom. The second kappa shape index (κ2) is 6.50. The van der Waals surface area contributed by atoms with Crippen molar-refractivity contribution in [2.45, 2.75) is 13.5 Å². The molecule has 0 radical (unpaired) electrons. The van der Waals surface area contributed by atoms with Crippen LogP contribution in [-0.4, -0.2) is 5.91 Å². The molecule has 2 rings (SSSR count). The Kier molecular flexibility index (Phi) is 4.94. The van der Waals surface area contributed by atoms with Gasteiger partial charge in [0, 0.05) is 15.5 Å². The molecule has 0 unspecified atom stereocenters. The number of nitrogens with one attached hydrogen (secondary N) is 1. The van der Waals surface area contributed by atoms with E-state index < -0.39 is 0 Å². The Balaban J connectivity index is 2.08. The summed E-state index contributed by atoms with van der Waals surface area (Å²) in [6.45, 7) is 1.99. The monoisotopic (exact) mass is 399 g/mol. The highest BCUT2D eigenvalue weighted by molar-refractivity contribution is 9.11. The summed E-state index contributed by atoms with van der Waals surface area (Å²) in [5.74, 6) is -0.473. The number of hydrogen-bond acceptors (Lipinski definition) is 1. The molecule has 1 amide bonds. The van der Waals surface area contributed by atoms with Crippen LogP contribution >= 0.6 is 31.9 Å². The standard InChI is InChI=1S/C15H12Br2FNO/c1-9-2-3-10(6-14(9)18)8-19-15(20)12-7-11(16)4-5-13(12)17/h2-7H,8H2,1H3,(H,19,20). The molecule has 0 saturated heterocycles. The fraction of sp³-hybridized carbons (Fsp3) is 0.133. The largest absolute Gasteiger partial charge is 0.348 e. The molecule has 0 spiro atoms. The molecule has 2 aromatic carbocycles. The Morgan fingerprint density at radius 2 is 1.95 bits per heavy atom. The van der Waals surface area contributed by atoms with Crippen LogP contribution < -0.4 is 5.32 Å². The number of carbonyl (C=O) groups excluding carboxylic acids is 1. The van der Waals surface area contributed by atoms with Gasteiger partial charge in [0.05, 0.1) is 5.56 Å². The van der Waals surface area contributed by atoms with Crippen LogP contribution in [-0.2, 0) is 6.54 Å². The molecule has 0 aromatic heterocycles. The number of benzene rings is 2. The predicted molar refractivity (Wildman–Crippen MR) is 84.1 cm³/mol. The van der Waals surface area contributed by atoms with E-state index >= 15 is 0 Å². The van der Waals surface area contributed by atoms with Crippen molar-refractivity contribution in [1.29, 1.82) is 0 Å². The smallest absolute Gasteiger partial charge is 0.252 e. The van der Waals surface area contributed by atoms with Gasteiger partial charge in [-0.3, -0.25) is 4.79 Å². The second-order valence-corrected chi connectivity index (χ2v) is 6.16. The van der Waals surface area contributed by atoms with Gasteiger partial charge in [-0.15, -0.1) is 0 Å². The lowest BCUT2D eigenvalue weighted by Gasteiger charge is -2.08. The number of amides is 1. The van der Waals surface area contributed by atoms with Crippen molar-refractivity contribution in [3.8, 4) is 0 Å². The topological polar surface area (TPSA) is 29.1 Å². The highest BCUT2D eigenvalue weighted by atomic mass is 79.9. The lowest BCUT2D eigenvalue weighted by Crippen LogP contribution is -2.23. The van der Waals surface area contributed by atoms with E-state index in [4.69, 9.17) is 0 Å². The quantitative estimate of drug-likeness (QED) is 0.802. The third kappa shape index (κ3) is 3.67. The molecule has 2 aromatic rings. The van der Waals surface area contributed by atoms with Gasteiger partial charge in [-0.1, -0.05) is 28.1 Å². The molecule has 0 fully saturated rings. The molecule has 0 saturated carbocycles. The lowest BCUT2D eigenvalue weighted by atomic mass is 10.1. The van der Waals surface area contributed by atoms with Crippen LogP contribution in [0.4, 0.5) is 4.39 Å². The van der Waals surface area contributed by atoms with E-state index in [2.05, 4.69) is 37.2 Å². The van der Waals surface area contributed by atoms with Crippen LogP contribution in [0.1, 0.15) is 21.5 Å². The maximum Gasteiger partial charge on any atom is 0.252 e. The van der Waals surface area contributed by atoms with Crippen molar-refractivity contribution in [2.75, 3.05) is 0 Å². The van der Waals surface area contributed by atoms with Crippen LogP contribution in [0.25, 0.3) is 0 Å². The Hall–Kier alpha value is -1.20. The van der Waals surface area contributed by atoms with Crippen LogP contribution in [0.15, 0.2) is 45.3 Å². The molecule has 20 heavy (non-hydrogen) atoms. The van der Waals surface area contributed by atoms with Gasteiger partial charge in [-0.25, -0.2) is 4.39 Å². The average Bonchev–Trinajstić information content (AvgIpc) is 2.42. The molecule has 0 heterocycles. The van der Waals surface area contributed by atoms with Crippen LogP contribution in [0, 0.1) is 12.7 Å². The molecular formula is C15H12Br2FNO. The van der Waals surface area contributed by atoms with Gasteiger partial charge in [0.2, 0.25) is 0 Å². The number of carbonyl (C=O) groups is 1. The van der Waals surface area contributed by atoms with Gasteiger partial charge in [0.1, 0.15) is 5.82 Å². The van der Waals surface area contributed by atoms with Gasteiger partial charge < -0.3 is 5.32 Å². The first-order valence-corrected chi connectivity index (χ1v) is 7.54. The first-order valence-electron chi connectivity index (χ1n) is 5.95. The molecule has 0 bridgehead atoms. The van der Waals surface area contributed by atoms with Crippen LogP contribution in [0.3, 0.4) is 0 Å². The van der Waals surface area contributed by atoms with Crippen LogP contribution in [0.5, 0.6) is 0 Å². The predicted octanol–water partition coefficient (Wildman–Crippen LogP) is 4.59. The van der Waals surface area contributed by atoms with E-state index in [0.29, 0.717) is 15.6 Å². The fourth-order valence-corrected chi connectivity index (χ4v) is 2.48. The van der Waals surface area contributed by atoms with E-state index in [1.165, 1.54) is 6.07 Å². The summed E-state index contributed by atoms with van der Waals surface area (Å²) in [4.78, 5) is 12.1. The van der Waals surface area contributed by atoms with Gasteiger partial charge in [-0.05, 0) is 58.2 Å². The number of rotatable bonds is 3. The highest BCUT2D eigenvalue weighted by Crippen LogP contribution is 2.21.